The molecular weight excluding hydrogens is 208 g/mol. The number of carbonyl (C=O) groups is 1. The number of carbonyl (C=O) groups excluding carboxylic acids is 1. The van der Waals surface area contributed by atoms with E-state index in [4.69, 9.17) is 5.41 Å². The van der Waals surface area contributed by atoms with E-state index in [2.05, 4.69) is 10.3 Å². The summed E-state index contributed by atoms with van der Waals surface area (Å²) in [5.74, 6) is -0.809. The number of nitrogens with one attached hydrogen (secondary N) is 2. The highest BCUT2D eigenvalue weighted by Gasteiger charge is 2.30. The Balaban J connectivity index is 2.48. The maximum Gasteiger partial charge on any atom is 0.280 e. The molecule has 16 heavy (non-hydrogen) atoms. The van der Waals surface area contributed by atoms with Crippen LogP contribution in [0.3, 0.4) is 0 Å². The summed E-state index contributed by atoms with van der Waals surface area (Å²) in [6.07, 6.45) is 0. The van der Waals surface area contributed by atoms with Gasteiger partial charge in [0.1, 0.15) is 11.3 Å². The van der Waals surface area contributed by atoms with E-state index in [-0.39, 0.29) is 17.0 Å². The third-order valence-corrected chi connectivity index (χ3v) is 2.36. The second-order valence-corrected chi connectivity index (χ2v) is 3.28. The van der Waals surface area contributed by atoms with Gasteiger partial charge in [-0.25, -0.2) is 5.48 Å². The molecule has 0 heterocycles. The van der Waals surface area contributed by atoms with Crippen molar-refractivity contribution >= 4 is 17.4 Å². The lowest BCUT2D eigenvalue weighted by molar-refractivity contribution is -0.126. The number of fused-ring (bicyclic) bond motifs is 1. The third-order valence-electron chi connectivity index (χ3n) is 2.36. The van der Waals surface area contributed by atoms with Crippen molar-refractivity contribution in [3.8, 4) is 0 Å². The van der Waals surface area contributed by atoms with Gasteiger partial charge in [-0.05, 0) is 0 Å². The van der Waals surface area contributed by atoms with Crippen molar-refractivity contribution in [3.63, 3.8) is 0 Å². The Hall–Kier alpha value is -2.14. The fourth-order valence-electron chi connectivity index (χ4n) is 1.66. The van der Waals surface area contributed by atoms with E-state index in [1.165, 1.54) is 7.11 Å². The molecule has 1 aliphatic carbocycles. The summed E-state index contributed by atoms with van der Waals surface area (Å²) >= 11 is 0. The van der Waals surface area contributed by atoms with Gasteiger partial charge in [-0.15, -0.1) is 0 Å². The lowest BCUT2D eigenvalue weighted by Gasteiger charge is -2.03. The van der Waals surface area contributed by atoms with Crippen LogP contribution >= 0.6 is 0 Å². The minimum absolute atomic E-state index is 0.00245. The number of benzene rings is 1. The first-order valence-corrected chi connectivity index (χ1v) is 4.62. The van der Waals surface area contributed by atoms with E-state index in [0.717, 1.165) is 0 Å². The largest absolute Gasteiger partial charge is 0.506 e. The molecule has 0 radical (unpaired) electrons. The molecule has 0 fully saturated rings. The zero-order valence-corrected chi connectivity index (χ0v) is 8.57. The molecule has 0 spiro atoms. The molecule has 0 bridgehead atoms. The summed E-state index contributed by atoms with van der Waals surface area (Å²) in [5.41, 5.74) is 3.06. The molecule has 5 heteroatoms. The van der Waals surface area contributed by atoms with Gasteiger partial charge in [0.15, 0.2) is 0 Å². The Labute approximate surface area is 91.8 Å². The van der Waals surface area contributed by atoms with Crippen LogP contribution in [0.5, 0.6) is 0 Å². The highest BCUT2D eigenvalue weighted by atomic mass is 16.6. The number of amides is 1. The summed E-state index contributed by atoms with van der Waals surface area (Å²) < 4.78 is 0. The first-order valence-electron chi connectivity index (χ1n) is 4.62. The molecule has 3 N–H and O–H groups in total. The minimum Gasteiger partial charge on any atom is -0.506 e. The van der Waals surface area contributed by atoms with Gasteiger partial charge in [-0.1, -0.05) is 24.3 Å². The standard InChI is InChI=1S/C11H10N2O3/c1-16-13-11(15)8-9(12)6-4-2-3-5-7(6)10(8)14/h2-5,12,14H,1H3,(H,13,15). The van der Waals surface area contributed by atoms with E-state index in [1.807, 2.05) is 0 Å². The SMILES string of the molecule is CONC(=O)C1=C(O)c2ccccc2C1=N. The summed E-state index contributed by atoms with van der Waals surface area (Å²) in [7, 11) is 1.29. The molecule has 1 aromatic carbocycles. The summed E-state index contributed by atoms with van der Waals surface area (Å²) in [4.78, 5) is 16.0. The highest BCUT2D eigenvalue weighted by Crippen LogP contribution is 2.30. The van der Waals surface area contributed by atoms with Crippen LogP contribution in [0.15, 0.2) is 29.8 Å². The average Bonchev–Trinajstić information content (AvgIpc) is 2.53. The topological polar surface area (TPSA) is 82.4 Å². The predicted molar refractivity (Wildman–Crippen MR) is 58.0 cm³/mol. The van der Waals surface area contributed by atoms with Gasteiger partial charge in [-0.2, -0.15) is 0 Å². The number of aliphatic hydroxyl groups excluding tert-OH is 1. The van der Waals surface area contributed by atoms with Gasteiger partial charge in [-0.3, -0.25) is 15.0 Å². The van der Waals surface area contributed by atoms with Crippen molar-refractivity contribution in [3.05, 3.63) is 41.0 Å². The van der Waals surface area contributed by atoms with Gasteiger partial charge in [0, 0.05) is 11.1 Å². The summed E-state index contributed by atoms with van der Waals surface area (Å²) in [5, 5.41) is 17.6. The number of rotatable bonds is 2. The highest BCUT2D eigenvalue weighted by molar-refractivity contribution is 6.34. The Morgan fingerprint density at radius 1 is 1.38 bits per heavy atom. The van der Waals surface area contributed by atoms with E-state index in [9.17, 15) is 9.90 Å². The molecule has 0 saturated heterocycles. The Morgan fingerprint density at radius 2 is 2.00 bits per heavy atom. The summed E-state index contributed by atoms with van der Waals surface area (Å²) in [6.45, 7) is 0. The van der Waals surface area contributed by atoms with Crippen LogP contribution in [-0.4, -0.2) is 23.8 Å². The first kappa shape index (κ1) is 10.4. The van der Waals surface area contributed by atoms with Crippen molar-refractivity contribution < 1.29 is 14.7 Å². The van der Waals surface area contributed by atoms with Crippen LogP contribution in [0, 0.1) is 5.41 Å². The minimum atomic E-state index is -0.624. The lowest BCUT2D eigenvalue weighted by atomic mass is 10.1. The van der Waals surface area contributed by atoms with Crippen LogP contribution in [-0.2, 0) is 9.63 Å². The maximum absolute atomic E-state index is 11.5. The average molecular weight is 218 g/mol. The Kier molecular flexibility index (Phi) is 2.46. The van der Waals surface area contributed by atoms with Gasteiger partial charge in [0.25, 0.3) is 5.91 Å². The van der Waals surface area contributed by atoms with E-state index >= 15 is 0 Å². The predicted octanol–water partition coefficient (Wildman–Crippen LogP) is 1.01. The Bertz CT molecular complexity index is 506. The fourth-order valence-corrected chi connectivity index (χ4v) is 1.66. The molecule has 82 valence electrons. The van der Waals surface area contributed by atoms with Crippen LogP contribution in [0.1, 0.15) is 11.1 Å². The lowest BCUT2D eigenvalue weighted by Crippen LogP contribution is -2.26. The van der Waals surface area contributed by atoms with Crippen molar-refractivity contribution in [2.75, 3.05) is 7.11 Å². The first-order chi connectivity index (χ1) is 7.66. The third kappa shape index (κ3) is 1.38. The van der Waals surface area contributed by atoms with Gasteiger partial charge < -0.3 is 5.11 Å². The molecule has 0 unspecified atom stereocenters. The molecule has 1 aliphatic rings. The van der Waals surface area contributed by atoms with E-state index in [1.54, 1.807) is 24.3 Å². The quantitative estimate of drug-likeness (QED) is 0.648. The van der Waals surface area contributed by atoms with Crippen LogP contribution < -0.4 is 5.48 Å². The fraction of sp³-hybridized carbons (Fsp3) is 0.0909. The van der Waals surface area contributed by atoms with Gasteiger partial charge in [0.05, 0.1) is 12.8 Å². The molecule has 0 saturated carbocycles. The van der Waals surface area contributed by atoms with Gasteiger partial charge in [0.2, 0.25) is 0 Å². The number of aliphatic hydroxyl groups is 1. The molecule has 1 amide bonds. The number of hydrogen-bond donors (Lipinski definition) is 3. The molecule has 5 nitrogen and oxygen atoms in total. The molecule has 0 atom stereocenters. The molecule has 0 aliphatic heterocycles. The van der Waals surface area contributed by atoms with Crippen LogP contribution in [0.25, 0.3) is 5.76 Å². The number of hydroxylamine groups is 1. The van der Waals surface area contributed by atoms with E-state index in [0.29, 0.717) is 11.1 Å². The zero-order chi connectivity index (χ0) is 11.7. The zero-order valence-electron chi connectivity index (χ0n) is 8.57. The van der Waals surface area contributed by atoms with Crippen molar-refractivity contribution in [1.82, 2.24) is 5.48 Å². The molecular formula is C11H10N2O3. The normalized spacial score (nSPS) is 13.9. The van der Waals surface area contributed by atoms with Crippen LogP contribution in [0.4, 0.5) is 0 Å². The number of hydrogen-bond acceptors (Lipinski definition) is 4. The second kappa shape index (κ2) is 3.79. The smallest absolute Gasteiger partial charge is 0.280 e. The monoisotopic (exact) mass is 218 g/mol. The summed E-state index contributed by atoms with van der Waals surface area (Å²) in [6, 6.07) is 6.82. The molecule has 0 aromatic heterocycles. The van der Waals surface area contributed by atoms with Gasteiger partial charge >= 0.3 is 0 Å². The van der Waals surface area contributed by atoms with Crippen molar-refractivity contribution in [1.29, 1.82) is 5.41 Å². The van der Waals surface area contributed by atoms with Crippen molar-refractivity contribution in [2.45, 2.75) is 0 Å². The van der Waals surface area contributed by atoms with E-state index < -0.39 is 5.91 Å². The van der Waals surface area contributed by atoms with Crippen LogP contribution in [0.2, 0.25) is 0 Å². The maximum atomic E-state index is 11.5. The molecule has 2 rings (SSSR count). The van der Waals surface area contributed by atoms with Crippen molar-refractivity contribution in [2.24, 2.45) is 0 Å². The second-order valence-electron chi connectivity index (χ2n) is 3.28. The molecule has 1 aromatic rings. The Morgan fingerprint density at radius 3 is 2.56 bits per heavy atom.